The number of likely N-dealkylation sites (tertiary alicyclic amines) is 2. The van der Waals surface area contributed by atoms with Crippen molar-refractivity contribution in [3.8, 4) is 23.6 Å². The van der Waals surface area contributed by atoms with Crippen LogP contribution in [-0.2, 0) is 32.7 Å². The summed E-state index contributed by atoms with van der Waals surface area (Å²) in [6, 6.07) is 14.6. The number of piperidine rings is 1. The summed E-state index contributed by atoms with van der Waals surface area (Å²) in [5, 5.41) is 11.1. The summed E-state index contributed by atoms with van der Waals surface area (Å²) in [5.41, 5.74) is 2.55. The molecule has 17 nitrogen and oxygen atoms in total. The minimum atomic E-state index is -0.719. The number of hydrogen-bond acceptors (Lipinski definition) is 13. The Kier molecular flexibility index (Phi) is 19.8. The lowest BCUT2D eigenvalue weighted by atomic mass is 9.80. The van der Waals surface area contributed by atoms with Crippen LogP contribution in [0.2, 0.25) is 0 Å². The molecule has 4 fully saturated rings. The lowest BCUT2D eigenvalue weighted by molar-refractivity contribution is -0.124. The predicted octanol–water partition coefficient (Wildman–Crippen LogP) is 6.87. The fourth-order valence-electron chi connectivity index (χ4n) is 12.9. The Balaban J connectivity index is 0.000000212. The van der Waals surface area contributed by atoms with E-state index in [1.807, 2.05) is 24.8 Å². The number of H-pyrrole nitrogens is 1. The van der Waals surface area contributed by atoms with Crippen LogP contribution in [-0.4, -0.2) is 144 Å². The molecular formula is C61H79F2N11O6. The van der Waals surface area contributed by atoms with E-state index in [2.05, 4.69) is 79.7 Å². The second-order valence-corrected chi connectivity index (χ2v) is 22.3. The third-order valence-electron chi connectivity index (χ3n) is 17.8. The zero-order valence-corrected chi connectivity index (χ0v) is 47.3. The van der Waals surface area contributed by atoms with Crippen molar-refractivity contribution in [2.45, 2.75) is 121 Å². The number of halogens is 2. The number of ether oxygens (including phenoxy) is 1. The number of carbonyl (C=O) groups excluding carboxylic acids is 3. The molecule has 4 aliphatic heterocycles. The number of terminal acetylenes is 1. The van der Waals surface area contributed by atoms with Crippen molar-refractivity contribution >= 4 is 57.5 Å². The Labute approximate surface area is 467 Å². The molecule has 0 radical (unpaired) electrons. The number of rotatable bonds is 19. The van der Waals surface area contributed by atoms with Gasteiger partial charge in [-0.1, -0.05) is 43.2 Å². The van der Waals surface area contributed by atoms with Gasteiger partial charge in [0.25, 0.3) is 0 Å². The van der Waals surface area contributed by atoms with Crippen molar-refractivity contribution in [1.82, 2.24) is 49.8 Å². The highest BCUT2D eigenvalue weighted by Crippen LogP contribution is 2.38. The SMILES string of the molecule is C#Cc1c(F)ccc2cccc(-c3ncc4c(N5CC6CCC(C5)N6)nc(=O)[nH]c4c3F)c12.C=O.CC[C@@]1(C)CCC(COCCC(CCNC)C2CCN(Cc3ccc4c(c3)n(C)c(=O)n4C(CCC=O)C(=O)NC)CC2)N1C. The van der Waals surface area contributed by atoms with Gasteiger partial charge in [0.15, 0.2) is 5.82 Å². The third kappa shape index (κ3) is 12.6. The van der Waals surface area contributed by atoms with Crippen molar-refractivity contribution in [1.29, 1.82) is 0 Å². The van der Waals surface area contributed by atoms with Gasteiger partial charge in [0.1, 0.15) is 36.4 Å². The number of imidazole rings is 1. The average Bonchev–Trinajstić information content (AvgIpc) is 4.18. The molecule has 4 N–H and O–H groups in total. The molecule has 4 saturated heterocycles. The van der Waals surface area contributed by atoms with Gasteiger partial charge in [-0.15, -0.1) is 6.42 Å². The Morgan fingerprint density at radius 3 is 2.42 bits per heavy atom. The molecule has 2 bridgehead atoms. The van der Waals surface area contributed by atoms with E-state index in [9.17, 15) is 23.6 Å². The van der Waals surface area contributed by atoms with Crippen molar-refractivity contribution in [3.63, 3.8) is 0 Å². The van der Waals surface area contributed by atoms with Gasteiger partial charge >= 0.3 is 11.4 Å². The minimum absolute atomic E-state index is 0.0108. The first kappa shape index (κ1) is 59.4. The number of piperazine rings is 1. The Bertz CT molecular complexity index is 3300. The number of nitrogens with zero attached hydrogens (tertiary/aromatic N) is 7. The van der Waals surface area contributed by atoms with Gasteiger partial charge < -0.3 is 40.2 Å². The number of likely N-dealkylation sites (N-methyl/N-ethyl adjacent to an activating group) is 2. The lowest BCUT2D eigenvalue weighted by Crippen LogP contribution is -2.51. The maximum Gasteiger partial charge on any atom is 0.347 e. The predicted molar refractivity (Wildman–Crippen MR) is 311 cm³/mol. The summed E-state index contributed by atoms with van der Waals surface area (Å²) < 4.78 is 39.8. The van der Waals surface area contributed by atoms with Crippen LogP contribution >= 0.6 is 0 Å². The van der Waals surface area contributed by atoms with Crippen molar-refractivity contribution in [2.24, 2.45) is 18.9 Å². The number of aldehydes is 1. The molecule has 80 heavy (non-hydrogen) atoms. The van der Waals surface area contributed by atoms with Gasteiger partial charge in [0, 0.05) is 87.6 Å². The second kappa shape index (κ2) is 26.7. The van der Waals surface area contributed by atoms with Crippen LogP contribution in [0, 0.1) is 35.8 Å². The Morgan fingerprint density at radius 2 is 1.75 bits per heavy atom. The molecule has 4 aliphatic rings. The molecule has 7 heterocycles. The third-order valence-corrected chi connectivity index (χ3v) is 17.8. The number of aromatic nitrogens is 5. The monoisotopic (exact) mass is 1100 g/mol. The first-order chi connectivity index (χ1) is 38.7. The summed E-state index contributed by atoms with van der Waals surface area (Å²) >= 11 is 0. The van der Waals surface area contributed by atoms with Gasteiger partial charge in [-0.3, -0.25) is 28.7 Å². The molecule has 0 aliphatic carbocycles. The van der Waals surface area contributed by atoms with E-state index in [4.69, 9.17) is 16.0 Å². The highest BCUT2D eigenvalue weighted by molar-refractivity contribution is 6.02. The van der Waals surface area contributed by atoms with Crippen LogP contribution in [0.5, 0.6) is 0 Å². The fourth-order valence-corrected chi connectivity index (χ4v) is 12.9. The molecule has 428 valence electrons. The van der Waals surface area contributed by atoms with Crippen LogP contribution in [0.25, 0.3) is 44.0 Å². The van der Waals surface area contributed by atoms with Gasteiger partial charge in [-0.25, -0.2) is 18.4 Å². The molecule has 3 aromatic heterocycles. The number of nitrogens with one attached hydrogen (secondary N) is 4. The molecule has 0 spiro atoms. The number of aromatic amines is 1. The number of fused-ring (bicyclic) bond motifs is 5. The van der Waals surface area contributed by atoms with Crippen molar-refractivity contribution < 1.29 is 27.9 Å². The zero-order valence-electron chi connectivity index (χ0n) is 47.3. The smallest absolute Gasteiger partial charge is 0.347 e. The molecule has 0 saturated carbocycles. The van der Waals surface area contributed by atoms with Gasteiger partial charge in [0.2, 0.25) is 5.91 Å². The standard InChI is InChI=1S/C35H58N6O4.C25H19F2N5O.CH2O/c1-7-35(2)17-12-29(39(35)6)25-45-22-16-27(13-18-36-3)28-14-19-40(20-15-28)24-26-10-11-30-32(23-26)38(5)34(44)41(30)31(9-8-21-42)33(43)37-4;1-2-16-19(26)9-6-13-4-3-5-17(20(13)16)22-21(27)23-18(10-28-22)24(31-25(33)30-23)32-11-14-7-8-15(12-32)29-14;1-2/h10-11,21,23,27-29,31,36H,7-9,12-20,22,24-25H2,1-6H3,(H,37,43);1,3-6,9-10,14-15,29H,7-8,11-12H2,(H,30,31,33);1H2/t27?,29?,31?,35-;;/m0../s1. The van der Waals surface area contributed by atoms with Gasteiger partial charge in [-0.05, 0) is 146 Å². The first-order valence-electron chi connectivity index (χ1n) is 28.3. The molecule has 6 aromatic rings. The Morgan fingerprint density at radius 1 is 1.00 bits per heavy atom. The van der Waals surface area contributed by atoms with Crippen molar-refractivity contribution in [3.05, 3.63) is 98.5 Å². The lowest BCUT2D eigenvalue weighted by Gasteiger charge is -2.36. The largest absolute Gasteiger partial charge is 0.380 e. The highest BCUT2D eigenvalue weighted by atomic mass is 19.1. The van der Waals surface area contributed by atoms with Crippen LogP contribution in [0.3, 0.4) is 0 Å². The van der Waals surface area contributed by atoms with Crippen LogP contribution < -0.4 is 32.2 Å². The average molecular weight is 1100 g/mol. The van der Waals surface area contributed by atoms with E-state index in [1.54, 1.807) is 42.9 Å². The highest BCUT2D eigenvalue weighted by Gasteiger charge is 2.39. The van der Waals surface area contributed by atoms with E-state index in [0.29, 0.717) is 76.1 Å². The molecule has 5 unspecified atom stereocenters. The number of aryl methyl sites for hydroxylation is 1. The number of carbonyl (C=O) groups is 3. The maximum atomic E-state index is 15.9. The van der Waals surface area contributed by atoms with Crippen LogP contribution in [0.4, 0.5) is 14.6 Å². The summed E-state index contributed by atoms with van der Waals surface area (Å²) in [7, 11) is 7.62. The van der Waals surface area contributed by atoms with Gasteiger partial charge in [0.05, 0.1) is 34.1 Å². The van der Waals surface area contributed by atoms with E-state index in [0.717, 1.165) is 81.5 Å². The number of amides is 1. The minimum Gasteiger partial charge on any atom is -0.380 e. The van der Waals surface area contributed by atoms with E-state index in [-0.39, 0.29) is 41.2 Å². The number of pyridine rings is 1. The van der Waals surface area contributed by atoms with E-state index < -0.39 is 23.4 Å². The number of benzene rings is 3. The molecule has 6 atom stereocenters. The van der Waals surface area contributed by atoms with E-state index in [1.165, 1.54) is 55.4 Å². The summed E-state index contributed by atoms with van der Waals surface area (Å²) in [6.45, 7) is 13.7. The van der Waals surface area contributed by atoms with Crippen molar-refractivity contribution in [2.75, 3.05) is 72.0 Å². The molecule has 19 heteroatoms. The summed E-state index contributed by atoms with van der Waals surface area (Å²) in [5.74, 6) is 2.65. The summed E-state index contributed by atoms with van der Waals surface area (Å²) in [6.07, 6.45) is 18.9. The molecular weight excluding hydrogens is 1020 g/mol. The fraction of sp³-hybridized carbons (Fsp3) is 0.525. The van der Waals surface area contributed by atoms with Crippen LogP contribution in [0.15, 0.2) is 64.3 Å². The Hall–Kier alpha value is -6.69. The van der Waals surface area contributed by atoms with Gasteiger partial charge in [-0.2, -0.15) is 4.98 Å². The molecule has 3 aromatic carbocycles. The maximum absolute atomic E-state index is 15.9. The summed E-state index contributed by atoms with van der Waals surface area (Å²) in [4.78, 5) is 75.5. The number of anilines is 1. The zero-order chi connectivity index (χ0) is 57.3. The van der Waals surface area contributed by atoms with E-state index >= 15 is 4.39 Å². The second-order valence-electron chi connectivity index (χ2n) is 22.3. The molecule has 1 amide bonds. The first-order valence-corrected chi connectivity index (χ1v) is 28.3. The van der Waals surface area contributed by atoms with Crippen LogP contribution in [0.1, 0.15) is 102 Å². The quantitative estimate of drug-likeness (QED) is 0.0374. The number of hydrogen-bond donors (Lipinski definition) is 4. The topological polar surface area (TPSA) is 192 Å². The molecule has 10 rings (SSSR count). The normalized spacial score (nSPS) is 21.2.